The smallest absolute Gasteiger partial charge is 0.271 e. The van der Waals surface area contributed by atoms with Crippen molar-refractivity contribution in [3.63, 3.8) is 0 Å². The summed E-state index contributed by atoms with van der Waals surface area (Å²) in [6, 6.07) is 15.6. The SMILES string of the molecule is C/C(=N/NC(=O)c1ccncc1)c1cccc(NC(=O)[C@@H](C)Oc2ccc(Cl)cc2C)c1. The van der Waals surface area contributed by atoms with Crippen molar-refractivity contribution in [2.45, 2.75) is 26.9 Å². The number of anilines is 1. The number of carbonyl (C=O) groups excluding carboxylic acids is 2. The number of hydrogen-bond acceptors (Lipinski definition) is 5. The molecule has 0 spiro atoms. The first kappa shape index (κ1) is 23.0. The van der Waals surface area contributed by atoms with E-state index >= 15 is 0 Å². The molecule has 2 N–H and O–H groups in total. The standard InChI is InChI=1S/C24H23ClN4O3/c1-15-13-20(25)7-8-22(15)32-17(3)23(30)27-21-6-4-5-19(14-21)16(2)28-29-24(31)18-9-11-26-12-10-18/h4-14,17H,1-3H3,(H,27,30)(H,29,31)/b28-16-/t17-/m1/s1. The Hall–Kier alpha value is -3.71. The zero-order valence-electron chi connectivity index (χ0n) is 17.9. The second-order valence-corrected chi connectivity index (χ2v) is 7.55. The Bertz CT molecular complexity index is 1150. The minimum Gasteiger partial charge on any atom is -0.481 e. The van der Waals surface area contributed by atoms with Crippen LogP contribution in [0.4, 0.5) is 5.69 Å². The summed E-state index contributed by atoms with van der Waals surface area (Å²) in [5.74, 6) is -0.0320. The van der Waals surface area contributed by atoms with Gasteiger partial charge in [0, 0.05) is 28.7 Å². The largest absolute Gasteiger partial charge is 0.481 e. The average Bonchev–Trinajstić information content (AvgIpc) is 2.79. The van der Waals surface area contributed by atoms with Crippen molar-refractivity contribution in [2.75, 3.05) is 5.32 Å². The third-order valence-corrected chi connectivity index (χ3v) is 4.86. The summed E-state index contributed by atoms with van der Waals surface area (Å²) >= 11 is 5.96. The van der Waals surface area contributed by atoms with Crippen molar-refractivity contribution < 1.29 is 14.3 Å². The van der Waals surface area contributed by atoms with E-state index in [4.69, 9.17) is 16.3 Å². The van der Waals surface area contributed by atoms with E-state index in [1.54, 1.807) is 62.4 Å². The highest BCUT2D eigenvalue weighted by molar-refractivity contribution is 6.30. The fraction of sp³-hybridized carbons (Fsp3) is 0.167. The Labute approximate surface area is 191 Å². The van der Waals surface area contributed by atoms with Crippen LogP contribution in [0.1, 0.15) is 35.3 Å². The normalized spacial score (nSPS) is 12.1. The molecule has 0 aliphatic carbocycles. The van der Waals surface area contributed by atoms with E-state index in [0.29, 0.717) is 27.7 Å². The zero-order valence-corrected chi connectivity index (χ0v) is 18.7. The molecule has 2 amide bonds. The van der Waals surface area contributed by atoms with Gasteiger partial charge in [-0.3, -0.25) is 14.6 Å². The van der Waals surface area contributed by atoms with Crippen LogP contribution in [0.25, 0.3) is 0 Å². The molecule has 7 nitrogen and oxygen atoms in total. The van der Waals surface area contributed by atoms with Crippen LogP contribution >= 0.6 is 11.6 Å². The second kappa shape index (κ2) is 10.5. The van der Waals surface area contributed by atoms with Crippen LogP contribution in [0.15, 0.2) is 72.1 Å². The van der Waals surface area contributed by atoms with Crippen LogP contribution in [0.5, 0.6) is 5.75 Å². The second-order valence-electron chi connectivity index (χ2n) is 7.11. The van der Waals surface area contributed by atoms with E-state index in [9.17, 15) is 9.59 Å². The van der Waals surface area contributed by atoms with Gasteiger partial charge in [0.25, 0.3) is 11.8 Å². The highest BCUT2D eigenvalue weighted by Crippen LogP contribution is 2.23. The first-order valence-corrected chi connectivity index (χ1v) is 10.3. The Morgan fingerprint density at radius 2 is 1.81 bits per heavy atom. The van der Waals surface area contributed by atoms with Crippen LogP contribution in [0, 0.1) is 6.92 Å². The van der Waals surface area contributed by atoms with E-state index in [1.807, 2.05) is 13.0 Å². The lowest BCUT2D eigenvalue weighted by Crippen LogP contribution is -2.30. The van der Waals surface area contributed by atoms with Gasteiger partial charge >= 0.3 is 0 Å². The van der Waals surface area contributed by atoms with Crippen LogP contribution in [0.2, 0.25) is 5.02 Å². The van der Waals surface area contributed by atoms with E-state index in [-0.39, 0.29) is 11.8 Å². The Morgan fingerprint density at radius 3 is 2.53 bits per heavy atom. The first-order chi connectivity index (χ1) is 15.3. The van der Waals surface area contributed by atoms with Crippen molar-refractivity contribution >= 4 is 34.8 Å². The van der Waals surface area contributed by atoms with E-state index in [0.717, 1.165) is 11.1 Å². The van der Waals surface area contributed by atoms with Gasteiger partial charge in [-0.05, 0) is 74.4 Å². The topological polar surface area (TPSA) is 92.7 Å². The van der Waals surface area contributed by atoms with Crippen molar-refractivity contribution in [1.29, 1.82) is 0 Å². The molecule has 164 valence electrons. The van der Waals surface area contributed by atoms with Crippen LogP contribution in [0.3, 0.4) is 0 Å². The number of hydrogen-bond donors (Lipinski definition) is 2. The Balaban J connectivity index is 1.63. The highest BCUT2D eigenvalue weighted by Gasteiger charge is 2.16. The Kier molecular flexibility index (Phi) is 7.57. The van der Waals surface area contributed by atoms with E-state index in [1.165, 1.54) is 12.4 Å². The fourth-order valence-corrected chi connectivity index (χ4v) is 3.05. The molecule has 2 aromatic carbocycles. The lowest BCUT2D eigenvalue weighted by atomic mass is 10.1. The lowest BCUT2D eigenvalue weighted by Gasteiger charge is -2.16. The van der Waals surface area contributed by atoms with Crippen molar-refractivity contribution in [1.82, 2.24) is 10.4 Å². The van der Waals surface area contributed by atoms with E-state index < -0.39 is 6.10 Å². The van der Waals surface area contributed by atoms with E-state index in [2.05, 4.69) is 20.8 Å². The molecular weight excluding hydrogens is 428 g/mol. The van der Waals surface area contributed by atoms with Crippen LogP contribution in [-0.4, -0.2) is 28.6 Å². The van der Waals surface area contributed by atoms with Gasteiger partial charge in [0.1, 0.15) is 5.75 Å². The number of benzene rings is 2. The van der Waals surface area contributed by atoms with Gasteiger partial charge in [0.05, 0.1) is 5.71 Å². The molecule has 0 radical (unpaired) electrons. The number of pyridine rings is 1. The number of nitrogens with one attached hydrogen (secondary N) is 2. The monoisotopic (exact) mass is 450 g/mol. The van der Waals surface area contributed by atoms with Crippen molar-refractivity contribution in [3.05, 3.63) is 88.7 Å². The maximum absolute atomic E-state index is 12.6. The number of aryl methyl sites for hydroxylation is 1. The molecule has 0 fully saturated rings. The molecule has 0 aliphatic heterocycles. The predicted octanol–water partition coefficient (Wildman–Crippen LogP) is 4.60. The van der Waals surface area contributed by atoms with Gasteiger partial charge in [0.15, 0.2) is 6.10 Å². The average molecular weight is 451 g/mol. The molecule has 0 unspecified atom stereocenters. The summed E-state index contributed by atoms with van der Waals surface area (Å²) in [6.07, 6.45) is 2.36. The van der Waals surface area contributed by atoms with Gasteiger partial charge in [-0.25, -0.2) is 5.43 Å². The number of nitrogens with zero attached hydrogens (tertiary/aromatic N) is 2. The van der Waals surface area contributed by atoms with Gasteiger partial charge in [-0.15, -0.1) is 0 Å². The first-order valence-electron chi connectivity index (χ1n) is 9.92. The highest BCUT2D eigenvalue weighted by atomic mass is 35.5. The molecule has 0 aliphatic rings. The minimum absolute atomic E-state index is 0.294. The van der Waals surface area contributed by atoms with Crippen LogP contribution in [-0.2, 0) is 4.79 Å². The molecule has 3 rings (SSSR count). The van der Waals surface area contributed by atoms with Crippen molar-refractivity contribution in [3.8, 4) is 5.75 Å². The number of hydrazone groups is 1. The summed E-state index contributed by atoms with van der Waals surface area (Å²) in [5.41, 5.74) is 5.75. The zero-order chi connectivity index (χ0) is 23.1. The summed E-state index contributed by atoms with van der Waals surface area (Å²) in [7, 11) is 0. The van der Waals surface area contributed by atoms with Crippen LogP contribution < -0.4 is 15.5 Å². The molecule has 0 bridgehead atoms. The molecule has 1 aromatic heterocycles. The predicted molar refractivity (Wildman–Crippen MR) is 125 cm³/mol. The lowest BCUT2D eigenvalue weighted by molar-refractivity contribution is -0.122. The molecule has 1 atom stereocenters. The van der Waals surface area contributed by atoms with Crippen molar-refractivity contribution in [2.24, 2.45) is 5.10 Å². The quantitative estimate of drug-likeness (QED) is 0.406. The molecular formula is C24H23ClN4O3. The third-order valence-electron chi connectivity index (χ3n) is 4.63. The molecule has 8 heteroatoms. The van der Waals surface area contributed by atoms with Gasteiger partial charge < -0.3 is 10.1 Å². The molecule has 1 heterocycles. The molecule has 0 saturated carbocycles. The molecule has 32 heavy (non-hydrogen) atoms. The maximum atomic E-state index is 12.6. The molecule has 0 saturated heterocycles. The Morgan fingerprint density at radius 1 is 1.06 bits per heavy atom. The summed E-state index contributed by atoms with van der Waals surface area (Å²) in [4.78, 5) is 28.6. The number of aromatic nitrogens is 1. The number of ether oxygens (including phenoxy) is 1. The maximum Gasteiger partial charge on any atom is 0.271 e. The summed E-state index contributed by atoms with van der Waals surface area (Å²) in [6.45, 7) is 5.31. The number of halogens is 1. The number of rotatable bonds is 7. The van der Waals surface area contributed by atoms with Gasteiger partial charge in [0.2, 0.25) is 0 Å². The molecule has 3 aromatic rings. The summed E-state index contributed by atoms with van der Waals surface area (Å²) < 4.78 is 5.77. The minimum atomic E-state index is -0.715. The number of amides is 2. The fourth-order valence-electron chi connectivity index (χ4n) is 2.82. The number of carbonyl (C=O) groups is 2. The van der Waals surface area contributed by atoms with Gasteiger partial charge in [-0.1, -0.05) is 23.7 Å². The summed E-state index contributed by atoms with van der Waals surface area (Å²) in [5, 5.41) is 7.60. The third kappa shape index (κ3) is 6.15. The van der Waals surface area contributed by atoms with Gasteiger partial charge in [-0.2, -0.15) is 5.10 Å².